The van der Waals surface area contributed by atoms with E-state index in [9.17, 15) is 23.1 Å². The van der Waals surface area contributed by atoms with E-state index in [1.54, 1.807) is 4.68 Å². The Balaban J connectivity index is 1.24. The second-order valence-corrected chi connectivity index (χ2v) is 13.8. The number of carbonyl (C=O) groups is 1. The van der Waals surface area contributed by atoms with Crippen LogP contribution in [0.4, 0.5) is 13.2 Å². The van der Waals surface area contributed by atoms with E-state index in [2.05, 4.69) is 20.6 Å². The number of methoxy groups -OCH3 is 1. The van der Waals surface area contributed by atoms with Gasteiger partial charge >= 0.3 is 5.97 Å². The average molecular weight is 681 g/mol. The van der Waals surface area contributed by atoms with Crippen LogP contribution in [0.25, 0.3) is 11.3 Å². The minimum atomic E-state index is -1.57. The summed E-state index contributed by atoms with van der Waals surface area (Å²) in [5.41, 5.74) is 0.379. The normalized spacial score (nSPS) is 30.4. The quantitative estimate of drug-likeness (QED) is 0.257. The summed E-state index contributed by atoms with van der Waals surface area (Å²) in [6.45, 7) is 3.65. The second kappa shape index (κ2) is 14.6. The number of hydrogen-bond acceptors (Lipinski definition) is 11. The Labute approximate surface area is 274 Å². The molecule has 1 aromatic carbocycles. The zero-order valence-electron chi connectivity index (χ0n) is 26.4. The summed E-state index contributed by atoms with van der Waals surface area (Å²) in [5.74, 6) is -4.71. The van der Waals surface area contributed by atoms with Gasteiger partial charge < -0.3 is 24.1 Å². The molecule has 12 nitrogen and oxygen atoms in total. The molecule has 8 atom stereocenters. The van der Waals surface area contributed by atoms with E-state index in [-0.39, 0.29) is 37.0 Å². The lowest BCUT2D eigenvalue weighted by atomic mass is 9.87. The van der Waals surface area contributed by atoms with E-state index in [1.165, 1.54) is 55.9 Å². The highest BCUT2D eigenvalue weighted by Crippen LogP contribution is 2.43. The summed E-state index contributed by atoms with van der Waals surface area (Å²) in [7, 11) is 1.52. The molecule has 8 unspecified atom stereocenters. The van der Waals surface area contributed by atoms with Gasteiger partial charge in [0.25, 0.3) is 0 Å². The number of rotatable bonds is 9. The van der Waals surface area contributed by atoms with Crippen molar-refractivity contribution >= 4 is 17.7 Å². The Morgan fingerprint density at radius 2 is 1.79 bits per heavy atom. The molecule has 1 aliphatic carbocycles. The maximum absolute atomic E-state index is 14.0. The van der Waals surface area contributed by atoms with Crippen molar-refractivity contribution in [3.8, 4) is 11.3 Å². The Kier molecular flexibility index (Phi) is 10.5. The van der Waals surface area contributed by atoms with Gasteiger partial charge in [-0.3, -0.25) is 4.79 Å². The maximum atomic E-state index is 14.0. The zero-order chi connectivity index (χ0) is 33.2. The Morgan fingerprint density at radius 3 is 2.49 bits per heavy atom. The summed E-state index contributed by atoms with van der Waals surface area (Å²) in [4.78, 5) is 11.7. The molecule has 16 heteroatoms. The minimum Gasteiger partial charge on any atom is -0.463 e. The van der Waals surface area contributed by atoms with Crippen molar-refractivity contribution in [2.24, 2.45) is 5.92 Å². The number of nitrogens with zero attached hydrogens (tertiary/aromatic N) is 6. The number of thioether (sulfide) groups is 1. The second-order valence-electron chi connectivity index (χ2n) is 12.5. The van der Waals surface area contributed by atoms with Crippen molar-refractivity contribution in [3.05, 3.63) is 47.7 Å². The molecule has 2 saturated heterocycles. The van der Waals surface area contributed by atoms with Crippen molar-refractivity contribution in [2.75, 3.05) is 26.9 Å². The van der Waals surface area contributed by atoms with Crippen LogP contribution < -0.4 is 0 Å². The van der Waals surface area contributed by atoms with Crippen LogP contribution in [0.2, 0.25) is 0 Å². The molecule has 47 heavy (non-hydrogen) atoms. The predicted octanol–water partition coefficient (Wildman–Crippen LogP) is 4.22. The smallest absolute Gasteiger partial charge is 0.302 e. The summed E-state index contributed by atoms with van der Waals surface area (Å²) in [5, 5.41) is 28.3. The molecule has 0 amide bonds. The first-order valence-corrected chi connectivity index (χ1v) is 16.8. The topological polar surface area (TPSA) is 136 Å². The summed E-state index contributed by atoms with van der Waals surface area (Å²) < 4.78 is 68.6. The summed E-state index contributed by atoms with van der Waals surface area (Å²) in [6.07, 6.45) is 7.04. The average Bonchev–Trinajstić information content (AvgIpc) is 3.75. The lowest BCUT2D eigenvalue weighted by Gasteiger charge is -2.46. The fourth-order valence-electron chi connectivity index (χ4n) is 6.77. The predicted molar refractivity (Wildman–Crippen MR) is 163 cm³/mol. The van der Waals surface area contributed by atoms with Crippen molar-refractivity contribution in [1.29, 1.82) is 0 Å². The van der Waals surface area contributed by atoms with Crippen LogP contribution in [0.1, 0.15) is 69.6 Å². The molecule has 0 spiro atoms. The standard InChI is InChI=1S/C31H39F3N6O6S/c1-16-25(14-45-17(2)41)46-31(30(43-3)28(16)40-12-23(36-38-40)19-9-20(32)27(34)21(33)10-19)47-26-15-44-13-24(29(26)42)39-11-22(35-37-39)18-7-5-4-6-8-18/h9-12,16,18,24-26,28-31,42H,4-8,13-15H2,1-3H3. The Bertz CT molecular complexity index is 1520. The third-order valence-electron chi connectivity index (χ3n) is 9.40. The molecular weight excluding hydrogens is 641 g/mol. The van der Waals surface area contributed by atoms with Crippen molar-refractivity contribution in [1.82, 2.24) is 30.0 Å². The van der Waals surface area contributed by atoms with Gasteiger partial charge in [-0.2, -0.15) is 0 Å². The van der Waals surface area contributed by atoms with Crippen LogP contribution in [0.15, 0.2) is 24.5 Å². The van der Waals surface area contributed by atoms with Crippen molar-refractivity contribution in [2.45, 2.75) is 93.0 Å². The highest BCUT2D eigenvalue weighted by molar-refractivity contribution is 8.00. The number of benzene rings is 1. The largest absolute Gasteiger partial charge is 0.463 e. The molecule has 1 N–H and O–H groups in total. The molecule has 6 rings (SSSR count). The van der Waals surface area contributed by atoms with Gasteiger partial charge in [0.05, 0.1) is 48.6 Å². The van der Waals surface area contributed by atoms with Gasteiger partial charge in [-0.05, 0) is 25.0 Å². The van der Waals surface area contributed by atoms with Crippen LogP contribution in [-0.2, 0) is 23.7 Å². The number of esters is 1. The summed E-state index contributed by atoms with van der Waals surface area (Å²) in [6, 6.07) is 0.694. The Morgan fingerprint density at radius 1 is 1.06 bits per heavy atom. The van der Waals surface area contributed by atoms with Crippen LogP contribution in [0.5, 0.6) is 0 Å². The molecule has 256 valence electrons. The molecule has 3 aliphatic rings. The van der Waals surface area contributed by atoms with Crippen LogP contribution >= 0.6 is 11.8 Å². The third-order valence-corrected chi connectivity index (χ3v) is 10.8. The van der Waals surface area contributed by atoms with E-state index in [0.29, 0.717) is 5.92 Å². The fraction of sp³-hybridized carbons (Fsp3) is 0.645. The first-order chi connectivity index (χ1) is 22.6. The van der Waals surface area contributed by atoms with Gasteiger partial charge in [0.2, 0.25) is 0 Å². The molecule has 2 aliphatic heterocycles. The minimum absolute atomic E-state index is 0.0111. The first-order valence-electron chi connectivity index (χ1n) is 15.9. The number of hydrogen-bond donors (Lipinski definition) is 1. The number of aliphatic hydroxyl groups is 1. The van der Waals surface area contributed by atoms with Gasteiger partial charge in [0.15, 0.2) is 17.5 Å². The fourth-order valence-corrected chi connectivity index (χ4v) is 8.26. The number of aliphatic hydroxyl groups excluding tert-OH is 1. The highest BCUT2D eigenvalue weighted by atomic mass is 32.2. The van der Waals surface area contributed by atoms with E-state index < -0.39 is 64.5 Å². The lowest BCUT2D eigenvalue weighted by Crippen LogP contribution is -2.54. The van der Waals surface area contributed by atoms with Crippen LogP contribution in [0.3, 0.4) is 0 Å². The van der Waals surface area contributed by atoms with E-state index >= 15 is 0 Å². The monoisotopic (exact) mass is 680 g/mol. The molecule has 2 aromatic heterocycles. The number of carbonyl (C=O) groups excluding carboxylic acids is 1. The zero-order valence-corrected chi connectivity index (χ0v) is 27.2. The van der Waals surface area contributed by atoms with Gasteiger partial charge in [0, 0.05) is 37.6 Å². The number of halogens is 3. The first kappa shape index (κ1) is 33.8. The highest BCUT2D eigenvalue weighted by Gasteiger charge is 2.49. The van der Waals surface area contributed by atoms with Gasteiger partial charge in [-0.25, -0.2) is 22.5 Å². The molecule has 4 heterocycles. The molecule has 0 radical (unpaired) electrons. The van der Waals surface area contributed by atoms with E-state index in [4.69, 9.17) is 18.9 Å². The van der Waals surface area contributed by atoms with Crippen LogP contribution in [0, 0.1) is 23.4 Å². The molecule has 0 bridgehead atoms. The lowest BCUT2D eigenvalue weighted by molar-refractivity contribution is -0.172. The van der Waals surface area contributed by atoms with Crippen molar-refractivity contribution < 1.29 is 42.0 Å². The molecule has 3 fully saturated rings. The van der Waals surface area contributed by atoms with Gasteiger partial charge in [-0.1, -0.05) is 36.6 Å². The molecule has 3 aromatic rings. The number of ether oxygens (including phenoxy) is 4. The van der Waals surface area contributed by atoms with E-state index in [0.717, 1.165) is 30.7 Å². The molecular formula is C31H39F3N6O6S. The van der Waals surface area contributed by atoms with Gasteiger partial charge in [0.1, 0.15) is 29.9 Å². The SMILES string of the molecule is COC1C(SC2COCC(n3cc(C4CCCCC4)nn3)C2O)OC(COC(C)=O)C(C)C1n1cc(-c2cc(F)c(F)c(F)c2)nn1. The summed E-state index contributed by atoms with van der Waals surface area (Å²) >= 11 is 1.34. The van der Waals surface area contributed by atoms with Crippen molar-refractivity contribution in [3.63, 3.8) is 0 Å². The number of aromatic nitrogens is 6. The van der Waals surface area contributed by atoms with Crippen LogP contribution in [-0.4, -0.2) is 97.0 Å². The Hall–Kier alpha value is -3.05. The maximum Gasteiger partial charge on any atom is 0.302 e. The third kappa shape index (κ3) is 7.21. The van der Waals surface area contributed by atoms with Gasteiger partial charge in [-0.15, -0.1) is 22.0 Å². The van der Waals surface area contributed by atoms with E-state index in [1.807, 2.05) is 13.1 Å². The molecule has 1 saturated carbocycles.